The lowest BCUT2D eigenvalue weighted by Gasteiger charge is -2.15. The van der Waals surface area contributed by atoms with Gasteiger partial charge in [-0.2, -0.15) is 0 Å². The summed E-state index contributed by atoms with van der Waals surface area (Å²) in [5.41, 5.74) is 0. The zero-order valence-corrected chi connectivity index (χ0v) is 9.94. The summed E-state index contributed by atoms with van der Waals surface area (Å²) < 4.78 is 4.79. The van der Waals surface area contributed by atoms with Crippen LogP contribution in [0.3, 0.4) is 0 Å². The normalized spacial score (nSPS) is 12.2. The van der Waals surface area contributed by atoms with Gasteiger partial charge in [0.05, 0.1) is 5.92 Å². The molecule has 16 heavy (non-hydrogen) atoms. The third-order valence-corrected chi connectivity index (χ3v) is 2.38. The van der Waals surface area contributed by atoms with E-state index in [9.17, 15) is 9.59 Å². The van der Waals surface area contributed by atoms with Crippen molar-refractivity contribution in [2.45, 2.75) is 33.1 Å². The van der Waals surface area contributed by atoms with Gasteiger partial charge in [0, 0.05) is 6.42 Å². The quantitative estimate of drug-likeness (QED) is 0.511. The van der Waals surface area contributed by atoms with Gasteiger partial charge in [0.25, 0.3) is 0 Å². The Kier molecular flexibility index (Phi) is 7.25. The number of hydrogen-bond donors (Lipinski definition) is 1. The third kappa shape index (κ3) is 6.22. The molecule has 1 N–H and O–H groups in total. The largest absolute Gasteiger partial charge is 0.481 e. The summed E-state index contributed by atoms with van der Waals surface area (Å²) in [6, 6.07) is 0. The molecule has 0 heterocycles. The number of carbonyl (C=O) groups is 2. The first kappa shape index (κ1) is 14.7. The fraction of sp³-hybridized carbons (Fsp3) is 0.667. The lowest BCUT2D eigenvalue weighted by atomic mass is 9.91. The van der Waals surface area contributed by atoms with Crippen molar-refractivity contribution in [1.82, 2.24) is 0 Å². The monoisotopic (exact) mass is 228 g/mol. The molecule has 0 aromatic heterocycles. The van der Waals surface area contributed by atoms with Gasteiger partial charge in [0.1, 0.15) is 6.61 Å². The number of hydrogen-bond acceptors (Lipinski definition) is 3. The molecule has 0 saturated heterocycles. The van der Waals surface area contributed by atoms with Crippen molar-refractivity contribution in [3.8, 4) is 0 Å². The van der Waals surface area contributed by atoms with E-state index in [1.165, 1.54) is 6.08 Å². The van der Waals surface area contributed by atoms with Gasteiger partial charge >= 0.3 is 11.9 Å². The molecular weight excluding hydrogens is 208 g/mol. The average Bonchev–Trinajstić information content (AvgIpc) is 2.20. The summed E-state index contributed by atoms with van der Waals surface area (Å²) in [6.07, 6.45) is 2.83. The molecule has 0 rings (SSSR count). The second-order valence-electron chi connectivity index (χ2n) is 4.05. The van der Waals surface area contributed by atoms with E-state index in [1.54, 1.807) is 0 Å². The number of esters is 1. The third-order valence-electron chi connectivity index (χ3n) is 2.38. The Hall–Kier alpha value is -1.32. The molecule has 4 nitrogen and oxygen atoms in total. The SMILES string of the molecule is C=CCOC(=O)CCCC(C(=O)O)C(C)C. The van der Waals surface area contributed by atoms with Crippen LogP contribution in [0.15, 0.2) is 12.7 Å². The topological polar surface area (TPSA) is 63.6 Å². The Balaban J connectivity index is 3.82. The Morgan fingerprint density at radius 2 is 2.06 bits per heavy atom. The van der Waals surface area contributed by atoms with Crippen LogP contribution < -0.4 is 0 Å². The van der Waals surface area contributed by atoms with Crippen molar-refractivity contribution >= 4 is 11.9 Å². The Labute approximate surface area is 96.3 Å². The first-order valence-corrected chi connectivity index (χ1v) is 5.48. The first-order chi connectivity index (χ1) is 7.49. The number of carboxylic acids is 1. The molecule has 92 valence electrons. The minimum Gasteiger partial charge on any atom is -0.481 e. The second kappa shape index (κ2) is 7.91. The molecule has 0 aliphatic heterocycles. The van der Waals surface area contributed by atoms with Crippen LogP contribution in [-0.2, 0) is 14.3 Å². The van der Waals surface area contributed by atoms with Crippen molar-refractivity contribution in [2.24, 2.45) is 11.8 Å². The highest BCUT2D eigenvalue weighted by Crippen LogP contribution is 2.18. The predicted molar refractivity (Wildman–Crippen MR) is 61.0 cm³/mol. The van der Waals surface area contributed by atoms with Crippen LogP contribution in [0.1, 0.15) is 33.1 Å². The summed E-state index contributed by atoms with van der Waals surface area (Å²) in [7, 11) is 0. The van der Waals surface area contributed by atoms with E-state index < -0.39 is 5.97 Å². The highest BCUT2D eigenvalue weighted by molar-refractivity contribution is 5.71. The molecule has 0 aliphatic carbocycles. The fourth-order valence-electron chi connectivity index (χ4n) is 1.43. The molecular formula is C12H20O4. The summed E-state index contributed by atoms with van der Waals surface area (Å²) >= 11 is 0. The standard InChI is InChI=1S/C12H20O4/c1-4-8-16-11(13)7-5-6-10(9(2)3)12(14)15/h4,9-10H,1,5-8H2,2-3H3,(H,14,15). The molecule has 0 radical (unpaired) electrons. The summed E-state index contributed by atoms with van der Waals surface area (Å²) in [4.78, 5) is 22.0. The zero-order chi connectivity index (χ0) is 12.6. The fourth-order valence-corrected chi connectivity index (χ4v) is 1.43. The van der Waals surface area contributed by atoms with Crippen LogP contribution in [0.2, 0.25) is 0 Å². The van der Waals surface area contributed by atoms with E-state index in [0.29, 0.717) is 12.8 Å². The van der Waals surface area contributed by atoms with Crippen LogP contribution in [-0.4, -0.2) is 23.7 Å². The highest BCUT2D eigenvalue weighted by atomic mass is 16.5. The van der Waals surface area contributed by atoms with Crippen LogP contribution in [0.5, 0.6) is 0 Å². The maximum atomic E-state index is 11.1. The zero-order valence-electron chi connectivity index (χ0n) is 9.94. The van der Waals surface area contributed by atoms with Crippen LogP contribution in [0, 0.1) is 11.8 Å². The van der Waals surface area contributed by atoms with Gasteiger partial charge < -0.3 is 9.84 Å². The lowest BCUT2D eigenvalue weighted by molar-refractivity contribution is -0.145. The van der Waals surface area contributed by atoms with E-state index in [1.807, 2.05) is 13.8 Å². The van der Waals surface area contributed by atoms with Crippen molar-refractivity contribution in [1.29, 1.82) is 0 Å². The molecule has 0 saturated carbocycles. The lowest BCUT2D eigenvalue weighted by Crippen LogP contribution is -2.20. The first-order valence-electron chi connectivity index (χ1n) is 5.48. The number of rotatable bonds is 8. The van der Waals surface area contributed by atoms with Crippen LogP contribution in [0.4, 0.5) is 0 Å². The van der Waals surface area contributed by atoms with Gasteiger partial charge in [-0.1, -0.05) is 26.5 Å². The molecule has 0 amide bonds. The van der Waals surface area contributed by atoms with Gasteiger partial charge in [-0.3, -0.25) is 9.59 Å². The number of carbonyl (C=O) groups excluding carboxylic acids is 1. The van der Waals surface area contributed by atoms with Crippen molar-refractivity contribution in [3.63, 3.8) is 0 Å². The van der Waals surface area contributed by atoms with Crippen LogP contribution >= 0.6 is 0 Å². The van der Waals surface area contributed by atoms with Gasteiger partial charge in [0.2, 0.25) is 0 Å². The molecule has 4 heteroatoms. The van der Waals surface area contributed by atoms with Gasteiger partial charge in [-0.05, 0) is 18.8 Å². The number of carboxylic acid groups (broad SMARTS) is 1. The molecule has 0 aromatic carbocycles. The molecule has 0 aromatic rings. The molecule has 0 fully saturated rings. The Morgan fingerprint density at radius 1 is 1.44 bits per heavy atom. The number of ether oxygens (including phenoxy) is 1. The van der Waals surface area contributed by atoms with E-state index in [0.717, 1.165) is 0 Å². The summed E-state index contributed by atoms with van der Waals surface area (Å²) in [5.74, 6) is -1.39. The van der Waals surface area contributed by atoms with E-state index in [-0.39, 0.29) is 30.8 Å². The van der Waals surface area contributed by atoms with Crippen molar-refractivity contribution < 1.29 is 19.4 Å². The summed E-state index contributed by atoms with van der Waals surface area (Å²) in [5, 5.41) is 8.92. The van der Waals surface area contributed by atoms with Crippen molar-refractivity contribution in [2.75, 3.05) is 6.61 Å². The Bertz CT molecular complexity index is 245. The maximum Gasteiger partial charge on any atom is 0.306 e. The van der Waals surface area contributed by atoms with Crippen LogP contribution in [0.25, 0.3) is 0 Å². The highest BCUT2D eigenvalue weighted by Gasteiger charge is 2.21. The van der Waals surface area contributed by atoms with E-state index in [2.05, 4.69) is 6.58 Å². The maximum absolute atomic E-state index is 11.1. The predicted octanol–water partition coefficient (Wildman–Crippen LogP) is 2.24. The van der Waals surface area contributed by atoms with Gasteiger partial charge in [-0.25, -0.2) is 0 Å². The molecule has 0 bridgehead atoms. The van der Waals surface area contributed by atoms with E-state index in [4.69, 9.17) is 9.84 Å². The molecule has 0 spiro atoms. The Morgan fingerprint density at radius 3 is 2.50 bits per heavy atom. The van der Waals surface area contributed by atoms with Gasteiger partial charge in [-0.15, -0.1) is 0 Å². The number of aliphatic carboxylic acids is 1. The molecule has 1 atom stereocenters. The smallest absolute Gasteiger partial charge is 0.306 e. The minimum atomic E-state index is -0.797. The molecule has 0 aliphatic rings. The van der Waals surface area contributed by atoms with Gasteiger partial charge in [0.15, 0.2) is 0 Å². The summed E-state index contributed by atoms with van der Waals surface area (Å²) in [6.45, 7) is 7.39. The van der Waals surface area contributed by atoms with Crippen molar-refractivity contribution in [3.05, 3.63) is 12.7 Å². The second-order valence-corrected chi connectivity index (χ2v) is 4.05. The molecule has 1 unspecified atom stereocenters. The minimum absolute atomic E-state index is 0.0849. The van der Waals surface area contributed by atoms with E-state index >= 15 is 0 Å². The average molecular weight is 228 g/mol.